The van der Waals surface area contributed by atoms with Crippen molar-refractivity contribution < 1.29 is 4.74 Å². The van der Waals surface area contributed by atoms with Crippen LogP contribution < -0.4 is 5.73 Å². The van der Waals surface area contributed by atoms with Gasteiger partial charge in [-0.15, -0.1) is 0 Å². The molecular weight excluding hydrogens is 138 g/mol. The van der Waals surface area contributed by atoms with Crippen LogP contribution in [0.5, 0.6) is 0 Å². The minimum Gasteiger partial charge on any atom is -0.373 e. The number of hydrogen-bond acceptors (Lipinski definition) is 2. The number of nitrogens with two attached hydrogens (primary N) is 1. The molecule has 1 saturated carbocycles. The Labute approximate surface area is 68.1 Å². The summed E-state index contributed by atoms with van der Waals surface area (Å²) >= 11 is 0. The zero-order chi connectivity index (χ0) is 7.73. The zero-order valence-corrected chi connectivity index (χ0v) is 7.01. The van der Waals surface area contributed by atoms with Crippen LogP contribution in [0.2, 0.25) is 0 Å². The lowest BCUT2D eigenvalue weighted by molar-refractivity contribution is -0.0866. The second-order valence-electron chi connectivity index (χ2n) is 3.87. The molecule has 64 valence electrons. The van der Waals surface area contributed by atoms with Crippen molar-refractivity contribution in [1.29, 1.82) is 0 Å². The Kier molecular flexibility index (Phi) is 1.90. The van der Waals surface area contributed by atoms with Crippen LogP contribution in [-0.2, 0) is 4.74 Å². The van der Waals surface area contributed by atoms with E-state index in [2.05, 4.69) is 0 Å². The van der Waals surface area contributed by atoms with Gasteiger partial charge in [0.15, 0.2) is 0 Å². The van der Waals surface area contributed by atoms with Gasteiger partial charge >= 0.3 is 0 Å². The van der Waals surface area contributed by atoms with E-state index >= 15 is 0 Å². The lowest BCUT2D eigenvalue weighted by Gasteiger charge is -2.39. The van der Waals surface area contributed by atoms with Gasteiger partial charge in [-0.25, -0.2) is 0 Å². The molecule has 1 unspecified atom stereocenters. The molecule has 0 radical (unpaired) electrons. The molecule has 1 aliphatic carbocycles. The van der Waals surface area contributed by atoms with Crippen molar-refractivity contribution in [2.75, 3.05) is 6.61 Å². The minimum absolute atomic E-state index is 0.109. The van der Waals surface area contributed by atoms with Crippen LogP contribution in [0.1, 0.15) is 38.5 Å². The summed E-state index contributed by atoms with van der Waals surface area (Å²) in [5, 5.41) is 0. The predicted molar refractivity (Wildman–Crippen MR) is 44.4 cm³/mol. The molecule has 1 saturated heterocycles. The third kappa shape index (κ3) is 1.18. The summed E-state index contributed by atoms with van der Waals surface area (Å²) in [5.41, 5.74) is 6.16. The number of rotatable bonds is 0. The summed E-state index contributed by atoms with van der Waals surface area (Å²) in [4.78, 5) is 0. The molecule has 2 N–H and O–H groups in total. The molecule has 1 aliphatic heterocycles. The topological polar surface area (TPSA) is 35.2 Å². The highest BCUT2D eigenvalue weighted by molar-refractivity contribution is 4.97. The largest absolute Gasteiger partial charge is 0.373 e. The highest BCUT2D eigenvalue weighted by Gasteiger charge is 2.42. The quantitative estimate of drug-likeness (QED) is 0.574. The minimum atomic E-state index is 0.109. The highest BCUT2D eigenvalue weighted by Crippen LogP contribution is 2.39. The molecule has 2 nitrogen and oxygen atoms in total. The molecule has 0 aromatic heterocycles. The van der Waals surface area contributed by atoms with Crippen molar-refractivity contribution in [3.8, 4) is 0 Å². The van der Waals surface area contributed by atoms with Gasteiger partial charge in [0, 0.05) is 12.6 Å². The maximum Gasteiger partial charge on any atom is 0.0832 e. The molecule has 0 aromatic carbocycles. The van der Waals surface area contributed by atoms with Gasteiger partial charge in [-0.3, -0.25) is 0 Å². The first-order valence-electron chi connectivity index (χ1n) is 4.73. The third-order valence-electron chi connectivity index (χ3n) is 3.17. The maximum atomic E-state index is 6.05. The summed E-state index contributed by atoms with van der Waals surface area (Å²) in [6.45, 7) is 0.938. The Hall–Kier alpha value is -0.0800. The van der Waals surface area contributed by atoms with Gasteiger partial charge in [-0.05, 0) is 25.7 Å². The Morgan fingerprint density at radius 1 is 1.18 bits per heavy atom. The van der Waals surface area contributed by atoms with Crippen LogP contribution in [0, 0.1) is 0 Å². The van der Waals surface area contributed by atoms with Crippen LogP contribution >= 0.6 is 0 Å². The smallest absolute Gasteiger partial charge is 0.0832 e. The molecule has 2 heteroatoms. The van der Waals surface area contributed by atoms with Gasteiger partial charge in [0.2, 0.25) is 0 Å². The maximum absolute atomic E-state index is 6.05. The van der Waals surface area contributed by atoms with Crippen molar-refractivity contribution >= 4 is 0 Å². The molecule has 1 heterocycles. The summed E-state index contributed by atoms with van der Waals surface area (Å²) in [5.74, 6) is 0. The van der Waals surface area contributed by atoms with E-state index in [9.17, 15) is 0 Å². The molecule has 0 bridgehead atoms. The Bertz CT molecular complexity index is 140. The fourth-order valence-electron chi connectivity index (χ4n) is 2.44. The number of hydrogen-bond donors (Lipinski definition) is 1. The van der Waals surface area contributed by atoms with E-state index in [0.29, 0.717) is 6.04 Å². The van der Waals surface area contributed by atoms with E-state index in [1.54, 1.807) is 0 Å². The second-order valence-corrected chi connectivity index (χ2v) is 3.87. The van der Waals surface area contributed by atoms with Crippen molar-refractivity contribution in [3.05, 3.63) is 0 Å². The monoisotopic (exact) mass is 155 g/mol. The fourth-order valence-corrected chi connectivity index (χ4v) is 2.44. The standard InChI is InChI=1S/C9H17NO/c10-8-4-3-7-11-9(8)5-1-2-6-9/h8H,1-7,10H2. The van der Waals surface area contributed by atoms with Crippen molar-refractivity contribution in [2.24, 2.45) is 5.73 Å². The van der Waals surface area contributed by atoms with Gasteiger partial charge in [-0.2, -0.15) is 0 Å². The second kappa shape index (κ2) is 2.76. The van der Waals surface area contributed by atoms with Crippen LogP contribution in [0.4, 0.5) is 0 Å². The normalized spacial score (nSPS) is 36.3. The first-order valence-corrected chi connectivity index (χ1v) is 4.73. The highest BCUT2D eigenvalue weighted by atomic mass is 16.5. The van der Waals surface area contributed by atoms with E-state index in [-0.39, 0.29) is 5.60 Å². The van der Waals surface area contributed by atoms with E-state index < -0.39 is 0 Å². The van der Waals surface area contributed by atoms with Gasteiger partial charge in [-0.1, -0.05) is 12.8 Å². The van der Waals surface area contributed by atoms with Crippen molar-refractivity contribution in [2.45, 2.75) is 50.2 Å². The predicted octanol–water partition coefficient (Wildman–Crippen LogP) is 1.44. The Morgan fingerprint density at radius 2 is 1.91 bits per heavy atom. The molecule has 1 spiro atoms. The van der Waals surface area contributed by atoms with Gasteiger partial charge in [0.1, 0.15) is 0 Å². The van der Waals surface area contributed by atoms with Crippen molar-refractivity contribution in [1.82, 2.24) is 0 Å². The van der Waals surface area contributed by atoms with E-state index in [4.69, 9.17) is 10.5 Å². The van der Waals surface area contributed by atoms with E-state index in [1.165, 1.54) is 32.1 Å². The summed E-state index contributed by atoms with van der Waals surface area (Å²) in [6, 6.07) is 0.318. The first-order chi connectivity index (χ1) is 5.33. The molecule has 0 aromatic rings. The van der Waals surface area contributed by atoms with E-state index in [0.717, 1.165) is 13.0 Å². The fraction of sp³-hybridized carbons (Fsp3) is 1.00. The lowest BCUT2D eigenvalue weighted by Crippen LogP contribution is -2.51. The van der Waals surface area contributed by atoms with Gasteiger partial charge in [0.05, 0.1) is 5.60 Å². The Morgan fingerprint density at radius 3 is 2.55 bits per heavy atom. The van der Waals surface area contributed by atoms with Crippen molar-refractivity contribution in [3.63, 3.8) is 0 Å². The average Bonchev–Trinajstić information content (AvgIpc) is 2.46. The SMILES string of the molecule is NC1CCCOC12CCCC2. The lowest BCUT2D eigenvalue weighted by atomic mass is 9.87. The molecule has 2 fully saturated rings. The first kappa shape index (κ1) is 7.56. The molecular formula is C9H17NO. The average molecular weight is 155 g/mol. The molecule has 2 aliphatic rings. The van der Waals surface area contributed by atoms with E-state index in [1.807, 2.05) is 0 Å². The number of ether oxygens (including phenoxy) is 1. The van der Waals surface area contributed by atoms with Gasteiger partial charge < -0.3 is 10.5 Å². The third-order valence-corrected chi connectivity index (χ3v) is 3.17. The molecule has 0 amide bonds. The van der Waals surface area contributed by atoms with Crippen LogP contribution in [0.25, 0.3) is 0 Å². The van der Waals surface area contributed by atoms with Crippen LogP contribution in [0.15, 0.2) is 0 Å². The summed E-state index contributed by atoms with van der Waals surface area (Å²) in [7, 11) is 0. The van der Waals surface area contributed by atoms with Crippen LogP contribution in [0.3, 0.4) is 0 Å². The molecule has 11 heavy (non-hydrogen) atoms. The zero-order valence-electron chi connectivity index (χ0n) is 7.01. The van der Waals surface area contributed by atoms with Crippen LogP contribution in [-0.4, -0.2) is 18.2 Å². The molecule has 2 rings (SSSR count). The molecule has 1 atom stereocenters. The van der Waals surface area contributed by atoms with Gasteiger partial charge in [0.25, 0.3) is 0 Å². The summed E-state index contributed by atoms with van der Waals surface area (Å²) < 4.78 is 5.81. The Balaban J connectivity index is 2.07. The summed E-state index contributed by atoms with van der Waals surface area (Å²) in [6.07, 6.45) is 7.35.